The zero-order valence-electron chi connectivity index (χ0n) is 16.0. The molecule has 0 aliphatic carbocycles. The molecule has 2 aromatic carbocycles. The molecule has 8 heteroatoms. The van der Waals surface area contributed by atoms with Crippen LogP contribution in [0, 0.1) is 0 Å². The number of halogens is 2. The fourth-order valence-corrected chi connectivity index (χ4v) is 3.62. The number of aromatic nitrogens is 4. The average Bonchev–Trinajstić information content (AvgIpc) is 3.26. The van der Waals surface area contributed by atoms with Gasteiger partial charge in [-0.05, 0) is 54.6 Å². The second kappa shape index (κ2) is 8.34. The van der Waals surface area contributed by atoms with Crippen LogP contribution in [-0.2, 0) is 6.61 Å². The number of nitrogens with zero attached hydrogens (tertiary/aromatic N) is 4. The van der Waals surface area contributed by atoms with Gasteiger partial charge in [-0.15, -0.1) is 10.2 Å². The van der Waals surface area contributed by atoms with Gasteiger partial charge < -0.3 is 9.15 Å². The summed E-state index contributed by atoms with van der Waals surface area (Å²) in [5.74, 6) is 1.27. The highest BCUT2D eigenvalue weighted by atomic mass is 35.5. The molecule has 0 fully saturated rings. The van der Waals surface area contributed by atoms with Gasteiger partial charge in [0, 0.05) is 22.2 Å². The van der Waals surface area contributed by atoms with Gasteiger partial charge in [-0.3, -0.25) is 0 Å². The van der Waals surface area contributed by atoms with Crippen molar-refractivity contribution < 1.29 is 9.15 Å². The van der Waals surface area contributed by atoms with Gasteiger partial charge in [-0.2, -0.15) is 0 Å². The molecule has 0 aliphatic heterocycles. The number of rotatable bonds is 5. The Morgan fingerprint density at radius 2 is 1.77 bits per heavy atom. The van der Waals surface area contributed by atoms with Gasteiger partial charge in [0.25, 0.3) is 5.89 Å². The second-order valence-corrected chi connectivity index (χ2v) is 7.50. The normalized spacial score (nSPS) is 11.0. The Labute approximate surface area is 187 Å². The van der Waals surface area contributed by atoms with Gasteiger partial charge in [0.1, 0.15) is 5.75 Å². The molecule has 3 heterocycles. The van der Waals surface area contributed by atoms with E-state index in [1.807, 2.05) is 48.5 Å². The van der Waals surface area contributed by atoms with E-state index in [1.54, 1.807) is 24.4 Å². The topological polar surface area (TPSA) is 73.9 Å². The van der Waals surface area contributed by atoms with Crippen molar-refractivity contribution >= 4 is 34.2 Å². The molecule has 31 heavy (non-hydrogen) atoms. The highest BCUT2D eigenvalue weighted by molar-refractivity contribution is 6.36. The van der Waals surface area contributed by atoms with Crippen molar-refractivity contribution in [3.8, 4) is 28.5 Å². The summed E-state index contributed by atoms with van der Waals surface area (Å²) in [6, 6.07) is 20.5. The Bertz CT molecular complexity index is 1390. The zero-order chi connectivity index (χ0) is 21.2. The number of hydrogen-bond acceptors (Lipinski definition) is 6. The van der Waals surface area contributed by atoms with E-state index in [0.717, 1.165) is 16.6 Å². The number of hydrogen-bond donors (Lipinski definition) is 0. The van der Waals surface area contributed by atoms with Crippen molar-refractivity contribution in [1.82, 2.24) is 20.2 Å². The summed E-state index contributed by atoms with van der Waals surface area (Å²) in [7, 11) is 0. The lowest BCUT2D eigenvalue weighted by Crippen LogP contribution is -1.98. The molecule has 0 atom stereocenters. The van der Waals surface area contributed by atoms with E-state index in [0.29, 0.717) is 38.8 Å². The second-order valence-electron chi connectivity index (χ2n) is 6.66. The lowest BCUT2D eigenvalue weighted by Gasteiger charge is -2.10. The molecule has 0 aliphatic rings. The first-order valence-electron chi connectivity index (χ1n) is 9.39. The molecule has 0 spiro atoms. The fourth-order valence-electron chi connectivity index (χ4n) is 3.13. The summed E-state index contributed by atoms with van der Waals surface area (Å²) in [6.07, 6.45) is 1.72. The van der Waals surface area contributed by atoms with Crippen LogP contribution in [0.1, 0.15) is 5.89 Å². The van der Waals surface area contributed by atoms with E-state index in [1.165, 1.54) is 0 Å². The molecule has 0 saturated heterocycles. The Hall–Kier alpha value is -3.48. The van der Waals surface area contributed by atoms with Crippen LogP contribution in [0.2, 0.25) is 10.0 Å². The maximum absolute atomic E-state index is 6.22. The van der Waals surface area contributed by atoms with Crippen LogP contribution in [0.25, 0.3) is 33.7 Å². The Kier molecular flexibility index (Phi) is 5.24. The van der Waals surface area contributed by atoms with Crippen LogP contribution < -0.4 is 4.74 Å². The minimum absolute atomic E-state index is 0.0983. The molecule has 0 amide bonds. The molecular weight excluding hydrogens is 435 g/mol. The monoisotopic (exact) mass is 448 g/mol. The van der Waals surface area contributed by atoms with Crippen LogP contribution >= 0.6 is 23.2 Å². The standard InChI is InChI=1S/C23H14Cl2N4O2/c24-15-8-9-16(18(25)12-15)23-29-28-21(31-23)13-30-20-6-2-1-5-17(20)19-10-7-14-4-3-11-26-22(14)27-19/h1-12H,13H2. The van der Waals surface area contributed by atoms with Crippen molar-refractivity contribution in [2.24, 2.45) is 0 Å². The number of para-hydroxylation sites is 1. The third-order valence-corrected chi connectivity index (χ3v) is 5.15. The van der Waals surface area contributed by atoms with Gasteiger partial charge in [0.05, 0.1) is 16.3 Å². The van der Waals surface area contributed by atoms with E-state index in [2.05, 4.69) is 20.2 Å². The Balaban J connectivity index is 1.39. The molecule has 0 saturated carbocycles. The Morgan fingerprint density at radius 3 is 2.68 bits per heavy atom. The largest absolute Gasteiger partial charge is 0.483 e. The number of pyridine rings is 2. The molecule has 0 N–H and O–H groups in total. The summed E-state index contributed by atoms with van der Waals surface area (Å²) >= 11 is 12.2. The first-order valence-corrected chi connectivity index (χ1v) is 10.1. The average molecular weight is 449 g/mol. The van der Waals surface area contributed by atoms with Crippen LogP contribution in [0.4, 0.5) is 0 Å². The molecule has 3 aromatic heterocycles. The van der Waals surface area contributed by atoms with Crippen LogP contribution in [-0.4, -0.2) is 20.2 Å². The third kappa shape index (κ3) is 4.08. The van der Waals surface area contributed by atoms with E-state index in [9.17, 15) is 0 Å². The minimum Gasteiger partial charge on any atom is -0.483 e. The summed E-state index contributed by atoms with van der Waals surface area (Å²) in [6.45, 7) is 0.0983. The van der Waals surface area contributed by atoms with Gasteiger partial charge in [0.15, 0.2) is 12.3 Å². The lowest BCUT2D eigenvalue weighted by molar-refractivity contribution is 0.265. The molecule has 0 unspecified atom stereocenters. The quantitative estimate of drug-likeness (QED) is 0.317. The van der Waals surface area contributed by atoms with Crippen LogP contribution in [0.3, 0.4) is 0 Å². The van der Waals surface area contributed by atoms with Crippen molar-refractivity contribution in [1.29, 1.82) is 0 Å². The van der Waals surface area contributed by atoms with Gasteiger partial charge in [0.2, 0.25) is 5.89 Å². The molecule has 5 rings (SSSR count). The predicted molar refractivity (Wildman–Crippen MR) is 119 cm³/mol. The van der Waals surface area contributed by atoms with E-state index in [4.69, 9.17) is 32.4 Å². The smallest absolute Gasteiger partial charge is 0.254 e. The number of benzene rings is 2. The van der Waals surface area contributed by atoms with Crippen molar-refractivity contribution in [3.63, 3.8) is 0 Å². The maximum Gasteiger partial charge on any atom is 0.254 e. The first-order chi connectivity index (χ1) is 15.2. The van der Waals surface area contributed by atoms with Crippen LogP contribution in [0.15, 0.2) is 77.3 Å². The molecular formula is C23H14Cl2N4O2. The molecule has 5 aromatic rings. The summed E-state index contributed by atoms with van der Waals surface area (Å²) in [4.78, 5) is 8.98. The molecule has 152 valence electrons. The third-order valence-electron chi connectivity index (χ3n) is 4.61. The summed E-state index contributed by atoms with van der Waals surface area (Å²) in [5, 5.41) is 10.1. The summed E-state index contributed by atoms with van der Waals surface area (Å²) < 4.78 is 11.7. The van der Waals surface area contributed by atoms with Gasteiger partial charge in [-0.25, -0.2) is 9.97 Å². The predicted octanol–water partition coefficient (Wildman–Crippen LogP) is 6.23. The van der Waals surface area contributed by atoms with Crippen molar-refractivity contribution in [2.75, 3.05) is 0 Å². The van der Waals surface area contributed by atoms with Crippen molar-refractivity contribution in [3.05, 3.63) is 88.9 Å². The van der Waals surface area contributed by atoms with Gasteiger partial charge >= 0.3 is 0 Å². The first kappa shape index (κ1) is 19.5. The maximum atomic E-state index is 6.22. The molecule has 0 radical (unpaired) electrons. The zero-order valence-corrected chi connectivity index (χ0v) is 17.5. The lowest BCUT2D eigenvalue weighted by atomic mass is 10.1. The highest BCUT2D eigenvalue weighted by Crippen LogP contribution is 2.31. The molecule has 6 nitrogen and oxygen atoms in total. The van der Waals surface area contributed by atoms with Gasteiger partial charge in [-0.1, -0.05) is 35.3 Å². The van der Waals surface area contributed by atoms with E-state index in [-0.39, 0.29) is 6.61 Å². The number of fused-ring (bicyclic) bond motifs is 1. The number of ether oxygens (including phenoxy) is 1. The molecule has 0 bridgehead atoms. The SMILES string of the molecule is Clc1ccc(-c2nnc(COc3ccccc3-c3ccc4cccnc4n3)o2)c(Cl)c1. The minimum atomic E-state index is 0.0983. The fraction of sp³-hybridized carbons (Fsp3) is 0.0435. The van der Waals surface area contributed by atoms with Crippen LogP contribution in [0.5, 0.6) is 5.75 Å². The van der Waals surface area contributed by atoms with E-state index >= 15 is 0 Å². The van der Waals surface area contributed by atoms with Crippen molar-refractivity contribution in [2.45, 2.75) is 6.61 Å². The highest BCUT2D eigenvalue weighted by Gasteiger charge is 2.14. The summed E-state index contributed by atoms with van der Waals surface area (Å²) in [5.41, 5.74) is 2.89. The van der Waals surface area contributed by atoms with E-state index < -0.39 is 0 Å². The Morgan fingerprint density at radius 1 is 0.871 bits per heavy atom.